The number of carbonyl (C=O) groups excluding carboxylic acids is 1. The second kappa shape index (κ2) is 6.70. The van der Waals surface area contributed by atoms with Crippen molar-refractivity contribution in [2.24, 2.45) is 5.10 Å². The van der Waals surface area contributed by atoms with Gasteiger partial charge in [0.2, 0.25) is 0 Å². The summed E-state index contributed by atoms with van der Waals surface area (Å²) in [5, 5.41) is 4.15. The molecule has 1 aromatic carbocycles. The number of nitrogens with zero attached hydrogens (tertiary/aromatic N) is 3. The summed E-state index contributed by atoms with van der Waals surface area (Å²) in [5.74, 6) is -0.276. The van der Waals surface area contributed by atoms with E-state index in [0.717, 1.165) is 17.0 Å². The predicted molar refractivity (Wildman–Crippen MR) is 89.7 cm³/mol. The van der Waals surface area contributed by atoms with Crippen LogP contribution in [0, 0.1) is 0 Å². The van der Waals surface area contributed by atoms with Gasteiger partial charge in [0.1, 0.15) is 0 Å². The van der Waals surface area contributed by atoms with Crippen LogP contribution in [-0.4, -0.2) is 21.2 Å². The molecule has 0 aliphatic heterocycles. The van der Waals surface area contributed by atoms with Crippen molar-refractivity contribution in [3.05, 3.63) is 84.4 Å². The van der Waals surface area contributed by atoms with Gasteiger partial charge >= 0.3 is 0 Å². The molecule has 3 aromatic rings. The molecule has 3 rings (SSSR count). The molecule has 0 saturated heterocycles. The maximum Gasteiger partial charge on any atom is 0.272 e. The summed E-state index contributed by atoms with van der Waals surface area (Å²) in [6.45, 7) is 1.86. The molecule has 1 N–H and O–H groups in total. The number of hydrogen-bond donors (Lipinski definition) is 1. The highest BCUT2D eigenvalue weighted by Crippen LogP contribution is 2.10. The molecule has 0 atom stereocenters. The Morgan fingerprint density at radius 1 is 1.04 bits per heavy atom. The molecule has 0 aliphatic rings. The lowest BCUT2D eigenvalue weighted by Gasteiger charge is -2.06. The zero-order chi connectivity index (χ0) is 16.1. The Balaban J connectivity index is 1.70. The average Bonchev–Trinajstić information content (AvgIpc) is 3.15. The quantitative estimate of drug-likeness (QED) is 0.595. The number of carbonyl (C=O) groups is 1. The largest absolute Gasteiger partial charge is 0.324 e. The lowest BCUT2D eigenvalue weighted by atomic mass is 10.1. The molecule has 5 nitrogen and oxygen atoms in total. The molecule has 0 unspecified atom stereocenters. The molecule has 1 amide bonds. The smallest absolute Gasteiger partial charge is 0.272 e. The van der Waals surface area contributed by atoms with E-state index < -0.39 is 0 Å². The van der Waals surface area contributed by atoms with Crippen molar-refractivity contribution in [3.8, 4) is 5.69 Å². The molecule has 23 heavy (non-hydrogen) atoms. The summed E-state index contributed by atoms with van der Waals surface area (Å²) in [5.41, 5.74) is 5.79. The van der Waals surface area contributed by atoms with Gasteiger partial charge in [-0.15, -0.1) is 0 Å². The van der Waals surface area contributed by atoms with Crippen LogP contribution < -0.4 is 5.43 Å². The maximum atomic E-state index is 11.9. The third-order valence-corrected chi connectivity index (χ3v) is 3.44. The fourth-order valence-electron chi connectivity index (χ4n) is 2.14. The van der Waals surface area contributed by atoms with Gasteiger partial charge in [-0.3, -0.25) is 9.78 Å². The van der Waals surface area contributed by atoms with Crippen molar-refractivity contribution in [3.63, 3.8) is 0 Å². The Hall–Kier alpha value is -3.21. The fraction of sp³-hybridized carbons (Fsp3) is 0.0556. The zero-order valence-corrected chi connectivity index (χ0v) is 12.7. The van der Waals surface area contributed by atoms with Crippen molar-refractivity contribution < 1.29 is 4.79 Å². The SMILES string of the molecule is C/C(=N\NC(=O)c1cccnc1)c1ccc(-n2cccc2)cc1. The number of amides is 1. The molecular weight excluding hydrogens is 288 g/mol. The number of hydrazone groups is 1. The van der Waals surface area contributed by atoms with Crippen LogP contribution in [0.25, 0.3) is 5.69 Å². The molecule has 5 heteroatoms. The van der Waals surface area contributed by atoms with Crippen molar-refractivity contribution in [1.82, 2.24) is 15.0 Å². The molecule has 2 aromatic heterocycles. The lowest BCUT2D eigenvalue weighted by Crippen LogP contribution is -2.19. The Morgan fingerprint density at radius 3 is 2.43 bits per heavy atom. The average molecular weight is 304 g/mol. The molecule has 0 radical (unpaired) electrons. The Kier molecular flexibility index (Phi) is 4.29. The summed E-state index contributed by atoms with van der Waals surface area (Å²) in [6, 6.07) is 15.3. The summed E-state index contributed by atoms with van der Waals surface area (Å²) >= 11 is 0. The summed E-state index contributed by atoms with van der Waals surface area (Å²) in [4.78, 5) is 15.8. The van der Waals surface area contributed by atoms with Crippen molar-refractivity contribution in [2.75, 3.05) is 0 Å². The number of hydrogen-bond acceptors (Lipinski definition) is 3. The summed E-state index contributed by atoms with van der Waals surface area (Å²) in [6.07, 6.45) is 7.11. The van der Waals surface area contributed by atoms with Crippen LogP contribution in [0.2, 0.25) is 0 Å². The first-order valence-electron chi connectivity index (χ1n) is 7.22. The number of aromatic nitrogens is 2. The molecule has 2 heterocycles. The zero-order valence-electron chi connectivity index (χ0n) is 12.7. The van der Waals surface area contributed by atoms with Gasteiger partial charge in [0.25, 0.3) is 5.91 Å². The minimum Gasteiger partial charge on any atom is -0.324 e. The highest BCUT2D eigenvalue weighted by atomic mass is 16.2. The van der Waals surface area contributed by atoms with Crippen LogP contribution in [0.4, 0.5) is 0 Å². The highest BCUT2D eigenvalue weighted by Gasteiger charge is 2.04. The topological polar surface area (TPSA) is 59.3 Å². The van der Waals surface area contributed by atoms with E-state index in [-0.39, 0.29) is 5.91 Å². The van der Waals surface area contributed by atoms with Crippen LogP contribution in [0.3, 0.4) is 0 Å². The van der Waals surface area contributed by atoms with Gasteiger partial charge < -0.3 is 4.57 Å². The molecule has 0 spiro atoms. The van der Waals surface area contributed by atoms with Gasteiger partial charge in [-0.2, -0.15) is 5.10 Å². The molecule has 0 bridgehead atoms. The van der Waals surface area contributed by atoms with E-state index in [1.54, 1.807) is 18.3 Å². The normalized spacial score (nSPS) is 11.3. The molecule has 0 aliphatic carbocycles. The fourth-order valence-corrected chi connectivity index (χ4v) is 2.14. The van der Waals surface area contributed by atoms with Gasteiger partial charge in [0.15, 0.2) is 0 Å². The second-order valence-electron chi connectivity index (χ2n) is 5.02. The molecule has 0 saturated carbocycles. The third kappa shape index (κ3) is 3.52. The number of pyridine rings is 1. The van der Waals surface area contributed by atoms with Crippen LogP contribution >= 0.6 is 0 Å². The highest BCUT2D eigenvalue weighted by molar-refractivity contribution is 6.00. The van der Waals surface area contributed by atoms with E-state index >= 15 is 0 Å². The minimum atomic E-state index is -0.276. The number of benzene rings is 1. The van der Waals surface area contributed by atoms with Gasteiger partial charge in [0.05, 0.1) is 11.3 Å². The Bertz CT molecular complexity index is 806. The monoisotopic (exact) mass is 304 g/mol. The van der Waals surface area contributed by atoms with Crippen LogP contribution in [-0.2, 0) is 0 Å². The minimum absolute atomic E-state index is 0.276. The van der Waals surface area contributed by atoms with Crippen molar-refractivity contribution in [2.45, 2.75) is 6.92 Å². The first-order chi connectivity index (χ1) is 11.2. The van der Waals surface area contributed by atoms with Crippen LogP contribution in [0.1, 0.15) is 22.8 Å². The van der Waals surface area contributed by atoms with E-state index in [1.165, 1.54) is 6.20 Å². The van der Waals surface area contributed by atoms with Gasteiger partial charge in [-0.1, -0.05) is 12.1 Å². The Labute approximate surface area is 134 Å². The van der Waals surface area contributed by atoms with E-state index in [0.29, 0.717) is 5.56 Å². The molecule has 0 fully saturated rings. The van der Waals surface area contributed by atoms with Gasteiger partial charge in [-0.05, 0) is 48.9 Å². The van der Waals surface area contributed by atoms with E-state index in [1.807, 2.05) is 60.3 Å². The standard InChI is InChI=1S/C18H16N4O/c1-14(20-21-18(23)16-5-4-10-19-13-16)15-6-8-17(9-7-15)22-11-2-3-12-22/h2-13H,1H3,(H,21,23)/b20-14+. The van der Waals surface area contributed by atoms with Crippen LogP contribution in [0.5, 0.6) is 0 Å². The summed E-state index contributed by atoms with van der Waals surface area (Å²) < 4.78 is 2.03. The van der Waals surface area contributed by atoms with Gasteiger partial charge in [-0.25, -0.2) is 5.43 Å². The second-order valence-corrected chi connectivity index (χ2v) is 5.02. The summed E-state index contributed by atoms with van der Waals surface area (Å²) in [7, 11) is 0. The Morgan fingerprint density at radius 2 is 1.78 bits per heavy atom. The van der Waals surface area contributed by atoms with Crippen molar-refractivity contribution >= 4 is 11.6 Å². The molecule has 114 valence electrons. The third-order valence-electron chi connectivity index (χ3n) is 3.44. The van der Waals surface area contributed by atoms with Crippen molar-refractivity contribution in [1.29, 1.82) is 0 Å². The first kappa shape index (κ1) is 14.7. The van der Waals surface area contributed by atoms with Gasteiger partial charge in [0, 0.05) is 30.5 Å². The molecular formula is C18H16N4O. The number of nitrogens with one attached hydrogen (secondary N) is 1. The first-order valence-corrected chi connectivity index (χ1v) is 7.22. The van der Waals surface area contributed by atoms with Crippen LogP contribution in [0.15, 0.2) is 78.4 Å². The lowest BCUT2D eigenvalue weighted by molar-refractivity contribution is 0.0954. The van der Waals surface area contributed by atoms with E-state index in [2.05, 4.69) is 15.5 Å². The predicted octanol–water partition coefficient (Wildman–Crippen LogP) is 3.03. The van der Waals surface area contributed by atoms with E-state index in [9.17, 15) is 4.79 Å². The van der Waals surface area contributed by atoms with E-state index in [4.69, 9.17) is 0 Å². The maximum absolute atomic E-state index is 11.9. The number of rotatable bonds is 4.